The molecule has 0 unspecified atom stereocenters. The molecule has 0 radical (unpaired) electrons. The summed E-state index contributed by atoms with van der Waals surface area (Å²) in [6, 6.07) is 0.424. The number of nitrogens with one attached hydrogen (secondary N) is 2. The van der Waals surface area contributed by atoms with Gasteiger partial charge in [-0.05, 0) is 45.8 Å². The number of carbonyl (C=O) groups excluding carboxylic acids is 1. The molecule has 2 N–H and O–H groups in total. The van der Waals surface area contributed by atoms with Crippen molar-refractivity contribution in [3.05, 3.63) is 23.6 Å². The van der Waals surface area contributed by atoms with Crippen LogP contribution in [0.2, 0.25) is 5.02 Å². The Kier molecular flexibility index (Phi) is 7.77. The minimum absolute atomic E-state index is 0.0508. The fourth-order valence-electron chi connectivity index (χ4n) is 3.99. The largest absolute Gasteiger partial charge is 0.372 e. The molecule has 2 aliphatic heterocycles. The first-order chi connectivity index (χ1) is 15.6. The van der Waals surface area contributed by atoms with E-state index < -0.39 is 0 Å². The number of ether oxygens (including phenoxy) is 1. The van der Waals surface area contributed by atoms with Gasteiger partial charge in [-0.2, -0.15) is 10.1 Å². The normalized spacial score (nSPS) is 18.6. The van der Waals surface area contributed by atoms with Crippen molar-refractivity contribution < 1.29 is 9.53 Å². The van der Waals surface area contributed by atoms with E-state index in [9.17, 15) is 4.79 Å². The fraction of sp³-hybridized carbons (Fsp3) is 0.619. The number of anilines is 3. The van der Waals surface area contributed by atoms with E-state index in [-0.39, 0.29) is 12.5 Å². The van der Waals surface area contributed by atoms with Crippen molar-refractivity contribution >= 4 is 35.0 Å². The molecule has 4 heterocycles. The van der Waals surface area contributed by atoms with Crippen LogP contribution in [-0.4, -0.2) is 88.4 Å². The molecule has 0 atom stereocenters. The lowest BCUT2D eigenvalue weighted by Crippen LogP contribution is -2.34. The monoisotopic (exact) mass is 462 g/mol. The van der Waals surface area contributed by atoms with Crippen LogP contribution < -0.4 is 10.6 Å². The van der Waals surface area contributed by atoms with Gasteiger partial charge in [0, 0.05) is 32.4 Å². The maximum atomic E-state index is 12.0. The van der Waals surface area contributed by atoms with Crippen molar-refractivity contribution in [2.24, 2.45) is 0 Å². The Bertz CT molecular complexity index is 900. The van der Waals surface area contributed by atoms with Gasteiger partial charge < -0.3 is 25.2 Å². The lowest BCUT2D eigenvalue weighted by Gasteiger charge is -2.28. The molecule has 1 amide bonds. The minimum Gasteiger partial charge on any atom is -0.372 e. The van der Waals surface area contributed by atoms with Gasteiger partial charge in [0.05, 0.1) is 24.1 Å². The highest BCUT2D eigenvalue weighted by molar-refractivity contribution is 6.32. The molecule has 0 aromatic carbocycles. The highest BCUT2D eigenvalue weighted by atomic mass is 35.5. The molecule has 11 heteroatoms. The maximum absolute atomic E-state index is 12.0. The molecule has 0 aliphatic carbocycles. The summed E-state index contributed by atoms with van der Waals surface area (Å²) in [6.07, 6.45) is 9.24. The molecule has 32 heavy (non-hydrogen) atoms. The van der Waals surface area contributed by atoms with E-state index in [0.29, 0.717) is 42.5 Å². The van der Waals surface area contributed by atoms with E-state index in [1.54, 1.807) is 12.4 Å². The van der Waals surface area contributed by atoms with Gasteiger partial charge >= 0.3 is 0 Å². The highest BCUT2D eigenvalue weighted by Gasteiger charge is 2.19. The summed E-state index contributed by atoms with van der Waals surface area (Å²) in [5.41, 5.74) is 0.846. The van der Waals surface area contributed by atoms with Crippen LogP contribution in [0, 0.1) is 0 Å². The summed E-state index contributed by atoms with van der Waals surface area (Å²) in [6.45, 7) is 5.06. The topological polar surface area (TPSA) is 100 Å². The Morgan fingerprint density at radius 1 is 1.25 bits per heavy atom. The van der Waals surface area contributed by atoms with Crippen molar-refractivity contribution in [3.8, 4) is 0 Å². The van der Waals surface area contributed by atoms with Crippen LogP contribution >= 0.6 is 11.6 Å². The second-order valence-electron chi connectivity index (χ2n) is 8.33. The Morgan fingerprint density at radius 3 is 2.94 bits per heavy atom. The SMILES string of the molecule is CN1CCC(n2cc(Nc3ncc(Cl)c(NCCCN4CCCOCC4=O)n3)cn2)CC1. The number of amides is 1. The Hall–Kier alpha value is -2.43. The molecule has 2 aromatic heterocycles. The molecule has 2 aliphatic rings. The van der Waals surface area contributed by atoms with Gasteiger partial charge in [-0.15, -0.1) is 0 Å². The van der Waals surface area contributed by atoms with E-state index in [4.69, 9.17) is 16.3 Å². The second kappa shape index (κ2) is 10.9. The summed E-state index contributed by atoms with van der Waals surface area (Å²) in [5, 5.41) is 11.4. The Morgan fingerprint density at radius 2 is 2.09 bits per heavy atom. The van der Waals surface area contributed by atoms with Gasteiger partial charge in [0.25, 0.3) is 0 Å². The quantitative estimate of drug-likeness (QED) is 0.577. The number of rotatable bonds is 8. The fourth-order valence-corrected chi connectivity index (χ4v) is 4.15. The highest BCUT2D eigenvalue weighted by Crippen LogP contribution is 2.24. The van der Waals surface area contributed by atoms with E-state index in [0.717, 1.165) is 51.0 Å². The number of nitrogens with zero attached hydrogens (tertiary/aromatic N) is 6. The Labute approximate surface area is 193 Å². The molecule has 2 fully saturated rings. The van der Waals surface area contributed by atoms with Crippen molar-refractivity contribution in [1.82, 2.24) is 29.5 Å². The molecule has 10 nitrogen and oxygen atoms in total. The molecule has 2 aromatic rings. The van der Waals surface area contributed by atoms with Gasteiger partial charge in [-0.1, -0.05) is 11.6 Å². The summed E-state index contributed by atoms with van der Waals surface area (Å²) in [5.74, 6) is 1.08. The van der Waals surface area contributed by atoms with Crippen LogP contribution in [0.25, 0.3) is 0 Å². The predicted molar refractivity (Wildman–Crippen MR) is 123 cm³/mol. The van der Waals surface area contributed by atoms with Crippen molar-refractivity contribution in [2.45, 2.75) is 31.7 Å². The third-order valence-electron chi connectivity index (χ3n) is 5.86. The molecule has 174 valence electrons. The maximum Gasteiger partial charge on any atom is 0.248 e. The average molecular weight is 463 g/mol. The average Bonchev–Trinajstić information content (AvgIpc) is 3.15. The van der Waals surface area contributed by atoms with Crippen LogP contribution in [0.3, 0.4) is 0 Å². The molecule has 2 saturated heterocycles. The van der Waals surface area contributed by atoms with E-state index >= 15 is 0 Å². The lowest BCUT2D eigenvalue weighted by molar-refractivity contribution is -0.133. The number of carbonyl (C=O) groups is 1. The zero-order chi connectivity index (χ0) is 22.3. The number of piperidine rings is 1. The first kappa shape index (κ1) is 22.8. The number of likely N-dealkylation sites (tertiary alicyclic amines) is 1. The third kappa shape index (κ3) is 6.08. The van der Waals surface area contributed by atoms with Crippen LogP contribution in [0.4, 0.5) is 17.5 Å². The molecule has 0 bridgehead atoms. The molecule has 0 spiro atoms. The first-order valence-corrected chi connectivity index (χ1v) is 11.6. The van der Waals surface area contributed by atoms with Crippen molar-refractivity contribution in [3.63, 3.8) is 0 Å². The summed E-state index contributed by atoms with van der Waals surface area (Å²) >= 11 is 6.27. The van der Waals surface area contributed by atoms with Crippen molar-refractivity contribution in [2.75, 3.05) is 63.6 Å². The van der Waals surface area contributed by atoms with Crippen LogP contribution in [0.15, 0.2) is 18.6 Å². The second-order valence-corrected chi connectivity index (χ2v) is 8.73. The molecular formula is C21H31ClN8O2. The van der Waals surface area contributed by atoms with E-state index in [1.165, 1.54) is 0 Å². The lowest BCUT2D eigenvalue weighted by atomic mass is 10.1. The smallest absolute Gasteiger partial charge is 0.248 e. The molecular weight excluding hydrogens is 432 g/mol. The van der Waals surface area contributed by atoms with Gasteiger partial charge in [0.15, 0.2) is 0 Å². The minimum atomic E-state index is 0.0508. The summed E-state index contributed by atoms with van der Waals surface area (Å²) < 4.78 is 7.30. The molecule has 0 saturated carbocycles. The first-order valence-electron chi connectivity index (χ1n) is 11.2. The van der Waals surface area contributed by atoms with Crippen molar-refractivity contribution in [1.29, 1.82) is 0 Å². The molecule has 4 rings (SSSR count). The summed E-state index contributed by atoms with van der Waals surface area (Å²) in [7, 11) is 2.15. The predicted octanol–water partition coefficient (Wildman–Crippen LogP) is 2.39. The van der Waals surface area contributed by atoms with E-state index in [1.807, 2.05) is 15.8 Å². The van der Waals surface area contributed by atoms with Gasteiger partial charge in [-0.3, -0.25) is 9.48 Å². The van der Waals surface area contributed by atoms with Crippen LogP contribution in [0.5, 0.6) is 0 Å². The summed E-state index contributed by atoms with van der Waals surface area (Å²) in [4.78, 5) is 25.0. The standard InChI is InChI=1S/C21H31ClN8O2/c1-28-9-4-17(5-10-28)30-14-16(12-25-30)26-21-24-13-18(22)20(27-21)23-6-2-7-29-8-3-11-32-15-19(29)31/h12-14,17H,2-11,15H2,1H3,(H2,23,24,26,27). The zero-order valence-corrected chi connectivity index (χ0v) is 19.2. The van der Waals surface area contributed by atoms with Crippen LogP contribution in [-0.2, 0) is 9.53 Å². The van der Waals surface area contributed by atoms with Gasteiger partial charge in [-0.25, -0.2) is 4.98 Å². The Balaban J connectivity index is 1.28. The van der Waals surface area contributed by atoms with Gasteiger partial charge in [0.1, 0.15) is 17.4 Å². The third-order valence-corrected chi connectivity index (χ3v) is 6.13. The number of halogens is 1. The zero-order valence-electron chi connectivity index (χ0n) is 18.5. The van der Waals surface area contributed by atoms with E-state index in [2.05, 4.69) is 37.6 Å². The van der Waals surface area contributed by atoms with Gasteiger partial charge in [0.2, 0.25) is 11.9 Å². The number of hydrogen-bond acceptors (Lipinski definition) is 8. The van der Waals surface area contributed by atoms with Crippen LogP contribution in [0.1, 0.15) is 31.7 Å². The number of hydrogen-bond donors (Lipinski definition) is 2. The number of aromatic nitrogens is 4.